The molecule has 0 amide bonds. The minimum atomic E-state index is -0.0970. The molecular formula is C14H19O2. The van der Waals surface area contributed by atoms with Gasteiger partial charge in [-0.15, -0.1) is 0 Å². The average molecular weight is 219 g/mol. The number of hydrogen-bond donors (Lipinski definition) is 1. The highest BCUT2D eigenvalue weighted by Crippen LogP contribution is 2.46. The largest absolute Gasteiger partial charge is 0.493 e. The predicted molar refractivity (Wildman–Crippen MR) is 64.8 cm³/mol. The summed E-state index contributed by atoms with van der Waals surface area (Å²) in [6, 6.07) is 6.18. The van der Waals surface area contributed by atoms with E-state index >= 15 is 0 Å². The Labute approximate surface area is 97.3 Å². The highest BCUT2D eigenvalue weighted by atomic mass is 16.5. The third-order valence-electron chi connectivity index (χ3n) is 3.04. The molecule has 87 valence electrons. The van der Waals surface area contributed by atoms with E-state index in [9.17, 15) is 5.11 Å². The Morgan fingerprint density at radius 1 is 1.50 bits per heavy atom. The summed E-state index contributed by atoms with van der Waals surface area (Å²) in [6.07, 6.45) is 2.51. The van der Waals surface area contributed by atoms with Crippen molar-refractivity contribution in [2.75, 3.05) is 13.2 Å². The third-order valence-corrected chi connectivity index (χ3v) is 3.04. The summed E-state index contributed by atoms with van der Waals surface area (Å²) in [4.78, 5) is 0. The molecule has 1 unspecified atom stereocenters. The first-order valence-electron chi connectivity index (χ1n) is 5.97. The fourth-order valence-corrected chi connectivity index (χ4v) is 2.02. The van der Waals surface area contributed by atoms with Crippen LogP contribution in [0, 0.1) is 6.92 Å². The van der Waals surface area contributed by atoms with Crippen molar-refractivity contribution >= 4 is 0 Å². The molecule has 1 saturated carbocycles. The molecule has 1 aromatic carbocycles. The first-order valence-corrected chi connectivity index (χ1v) is 5.97. The highest BCUT2D eigenvalue weighted by molar-refractivity contribution is 5.47. The molecule has 2 nitrogen and oxygen atoms in total. The lowest BCUT2D eigenvalue weighted by Gasteiger charge is -2.18. The van der Waals surface area contributed by atoms with Crippen LogP contribution >= 0.6 is 0 Å². The molecule has 1 fully saturated rings. The molecule has 0 saturated heterocycles. The Bertz CT molecular complexity index is 356. The van der Waals surface area contributed by atoms with Gasteiger partial charge >= 0.3 is 0 Å². The van der Waals surface area contributed by atoms with E-state index in [4.69, 9.17) is 4.74 Å². The van der Waals surface area contributed by atoms with Crippen LogP contribution in [0.4, 0.5) is 0 Å². The highest BCUT2D eigenvalue weighted by Gasteiger charge is 2.28. The summed E-state index contributed by atoms with van der Waals surface area (Å²) < 4.78 is 5.74. The standard InChI is InChI=1S/C14H19O2/c1-3-16-14-12(10(2)9-15)5-4-6-13(14)11-7-8-11/h4-6,10-11,15H,2-3,7-9H2,1H3. The fraction of sp³-hybridized carbons (Fsp3) is 0.500. The van der Waals surface area contributed by atoms with Gasteiger partial charge in [0.1, 0.15) is 5.75 Å². The monoisotopic (exact) mass is 219 g/mol. The second-order valence-corrected chi connectivity index (χ2v) is 4.35. The van der Waals surface area contributed by atoms with E-state index in [2.05, 4.69) is 13.0 Å². The van der Waals surface area contributed by atoms with Gasteiger partial charge < -0.3 is 9.84 Å². The van der Waals surface area contributed by atoms with Crippen molar-refractivity contribution in [2.45, 2.75) is 31.6 Å². The molecule has 0 spiro atoms. The van der Waals surface area contributed by atoms with Crippen molar-refractivity contribution in [3.63, 3.8) is 0 Å². The lowest BCUT2D eigenvalue weighted by molar-refractivity contribution is 0.275. The number of para-hydroxylation sites is 1. The molecule has 2 rings (SSSR count). The lowest BCUT2D eigenvalue weighted by Crippen LogP contribution is -2.06. The summed E-state index contributed by atoms with van der Waals surface area (Å²) in [7, 11) is 0. The number of aliphatic hydroxyl groups is 1. The van der Waals surface area contributed by atoms with Gasteiger partial charge in [-0.25, -0.2) is 0 Å². The Kier molecular flexibility index (Phi) is 3.49. The summed E-state index contributed by atoms with van der Waals surface area (Å²) in [6.45, 7) is 6.68. The quantitative estimate of drug-likeness (QED) is 0.825. The van der Waals surface area contributed by atoms with E-state index < -0.39 is 0 Å². The zero-order chi connectivity index (χ0) is 11.5. The SMILES string of the molecule is [CH2]C(CO)c1cccc(C2CC2)c1OCC. The van der Waals surface area contributed by atoms with Gasteiger partial charge in [0.15, 0.2) is 0 Å². The van der Waals surface area contributed by atoms with E-state index in [1.165, 1.54) is 18.4 Å². The van der Waals surface area contributed by atoms with E-state index in [0.717, 1.165) is 11.3 Å². The van der Waals surface area contributed by atoms with Gasteiger partial charge in [0, 0.05) is 5.92 Å². The third kappa shape index (κ3) is 2.22. The van der Waals surface area contributed by atoms with Crippen LogP contribution in [0.1, 0.15) is 42.7 Å². The van der Waals surface area contributed by atoms with Crippen LogP contribution in [0.3, 0.4) is 0 Å². The topological polar surface area (TPSA) is 29.5 Å². The minimum absolute atomic E-state index is 0.0637. The van der Waals surface area contributed by atoms with E-state index in [-0.39, 0.29) is 12.5 Å². The van der Waals surface area contributed by atoms with E-state index in [1.807, 2.05) is 19.1 Å². The number of rotatable bonds is 5. The van der Waals surface area contributed by atoms with Crippen molar-refractivity contribution in [3.05, 3.63) is 36.2 Å². The maximum absolute atomic E-state index is 9.21. The van der Waals surface area contributed by atoms with E-state index in [0.29, 0.717) is 12.5 Å². The van der Waals surface area contributed by atoms with Crippen LogP contribution in [0.5, 0.6) is 5.75 Å². The molecular weight excluding hydrogens is 200 g/mol. The molecule has 2 heteroatoms. The second-order valence-electron chi connectivity index (χ2n) is 4.35. The van der Waals surface area contributed by atoms with Crippen molar-refractivity contribution in [1.29, 1.82) is 0 Å². The molecule has 0 heterocycles. The summed E-state index contributed by atoms with van der Waals surface area (Å²) >= 11 is 0. The van der Waals surface area contributed by atoms with Crippen LogP contribution in [-0.2, 0) is 0 Å². The Balaban J connectivity index is 2.37. The molecule has 0 aromatic heterocycles. The molecule has 0 bridgehead atoms. The lowest BCUT2D eigenvalue weighted by atomic mass is 9.96. The summed E-state index contributed by atoms with van der Waals surface area (Å²) in [5.74, 6) is 1.52. The average Bonchev–Trinajstić information content (AvgIpc) is 3.13. The second kappa shape index (κ2) is 4.88. The fourth-order valence-electron chi connectivity index (χ4n) is 2.02. The van der Waals surface area contributed by atoms with Gasteiger partial charge in [-0.3, -0.25) is 0 Å². The molecule has 1 N–H and O–H groups in total. The summed E-state index contributed by atoms with van der Waals surface area (Å²) in [5, 5.41) is 9.21. The Hall–Kier alpha value is -1.02. The maximum atomic E-state index is 9.21. The maximum Gasteiger partial charge on any atom is 0.126 e. The van der Waals surface area contributed by atoms with Gasteiger partial charge in [0.2, 0.25) is 0 Å². The molecule has 0 aliphatic heterocycles. The van der Waals surface area contributed by atoms with Gasteiger partial charge in [0.25, 0.3) is 0 Å². The minimum Gasteiger partial charge on any atom is -0.493 e. The van der Waals surface area contributed by atoms with Gasteiger partial charge in [-0.05, 0) is 43.7 Å². The van der Waals surface area contributed by atoms with Gasteiger partial charge in [0.05, 0.1) is 13.2 Å². The van der Waals surface area contributed by atoms with Crippen LogP contribution in [-0.4, -0.2) is 18.3 Å². The Morgan fingerprint density at radius 2 is 2.25 bits per heavy atom. The zero-order valence-corrected chi connectivity index (χ0v) is 9.78. The number of hydrogen-bond acceptors (Lipinski definition) is 2. The first-order chi connectivity index (χ1) is 7.77. The number of ether oxygens (including phenoxy) is 1. The number of aliphatic hydroxyl groups excluding tert-OH is 1. The van der Waals surface area contributed by atoms with Gasteiger partial charge in [-0.1, -0.05) is 18.2 Å². The molecule has 1 radical (unpaired) electrons. The summed E-state index contributed by atoms with van der Waals surface area (Å²) in [5.41, 5.74) is 2.33. The zero-order valence-electron chi connectivity index (χ0n) is 9.78. The molecule has 1 aliphatic rings. The molecule has 1 aromatic rings. The van der Waals surface area contributed by atoms with E-state index in [1.54, 1.807) is 0 Å². The van der Waals surface area contributed by atoms with Crippen LogP contribution in [0.25, 0.3) is 0 Å². The normalized spacial score (nSPS) is 17.2. The molecule has 1 atom stereocenters. The van der Waals surface area contributed by atoms with Crippen LogP contribution in [0.15, 0.2) is 18.2 Å². The van der Waals surface area contributed by atoms with Crippen LogP contribution in [0.2, 0.25) is 0 Å². The van der Waals surface area contributed by atoms with Crippen molar-refractivity contribution < 1.29 is 9.84 Å². The Morgan fingerprint density at radius 3 is 2.81 bits per heavy atom. The smallest absolute Gasteiger partial charge is 0.126 e. The predicted octanol–water partition coefficient (Wildman–Crippen LogP) is 2.87. The molecule has 1 aliphatic carbocycles. The van der Waals surface area contributed by atoms with Crippen LogP contribution < -0.4 is 4.74 Å². The molecule has 16 heavy (non-hydrogen) atoms. The first kappa shape index (κ1) is 11.5. The van der Waals surface area contributed by atoms with Crippen molar-refractivity contribution in [2.24, 2.45) is 0 Å². The van der Waals surface area contributed by atoms with Crippen molar-refractivity contribution in [3.8, 4) is 5.75 Å². The number of benzene rings is 1. The van der Waals surface area contributed by atoms with Gasteiger partial charge in [-0.2, -0.15) is 0 Å². The van der Waals surface area contributed by atoms with Crippen molar-refractivity contribution in [1.82, 2.24) is 0 Å².